The molecule has 1 fully saturated rings. The predicted octanol–water partition coefficient (Wildman–Crippen LogP) is 4.46. The number of thioether (sulfide) groups is 1. The van der Waals surface area contributed by atoms with E-state index in [0.29, 0.717) is 6.10 Å². The highest BCUT2D eigenvalue weighted by Crippen LogP contribution is 2.24. The van der Waals surface area contributed by atoms with Crippen molar-refractivity contribution in [3.8, 4) is 0 Å². The molecule has 2 heterocycles. The molecule has 1 saturated heterocycles. The molecular formula is C20H30N2OS. The number of amidine groups is 1. The molecule has 0 spiro atoms. The van der Waals surface area contributed by atoms with E-state index in [1.54, 1.807) is 0 Å². The van der Waals surface area contributed by atoms with Crippen LogP contribution in [0.4, 0.5) is 0 Å². The molecule has 0 aliphatic carbocycles. The number of hydrogen-bond donors (Lipinski definition) is 0. The Morgan fingerprint density at radius 1 is 1.21 bits per heavy atom. The monoisotopic (exact) mass is 346 g/mol. The Morgan fingerprint density at radius 3 is 2.58 bits per heavy atom. The van der Waals surface area contributed by atoms with Crippen molar-refractivity contribution < 1.29 is 4.74 Å². The van der Waals surface area contributed by atoms with Gasteiger partial charge in [-0.15, -0.1) is 0 Å². The Hall–Kier alpha value is -1.00. The molecule has 2 aliphatic heterocycles. The van der Waals surface area contributed by atoms with E-state index in [2.05, 4.69) is 49.9 Å². The molecule has 1 aromatic carbocycles. The van der Waals surface area contributed by atoms with Gasteiger partial charge in [0.15, 0.2) is 5.17 Å². The largest absolute Gasteiger partial charge is 0.376 e. The van der Waals surface area contributed by atoms with E-state index in [9.17, 15) is 0 Å². The van der Waals surface area contributed by atoms with Crippen LogP contribution in [-0.2, 0) is 16.7 Å². The summed E-state index contributed by atoms with van der Waals surface area (Å²) < 4.78 is 5.87. The van der Waals surface area contributed by atoms with E-state index in [1.165, 1.54) is 41.3 Å². The normalized spacial score (nSPS) is 21.6. The highest BCUT2D eigenvalue weighted by Gasteiger charge is 2.23. The molecule has 0 radical (unpaired) electrons. The maximum atomic E-state index is 5.87. The maximum absolute atomic E-state index is 5.87. The van der Waals surface area contributed by atoms with E-state index in [4.69, 9.17) is 9.73 Å². The van der Waals surface area contributed by atoms with Gasteiger partial charge in [0.25, 0.3) is 0 Å². The third-order valence-electron chi connectivity index (χ3n) is 4.69. The van der Waals surface area contributed by atoms with Crippen LogP contribution in [-0.4, -0.2) is 41.6 Å². The van der Waals surface area contributed by atoms with Crippen LogP contribution in [0.1, 0.15) is 51.2 Å². The minimum atomic E-state index is 0.208. The van der Waals surface area contributed by atoms with E-state index < -0.39 is 0 Å². The molecule has 24 heavy (non-hydrogen) atoms. The summed E-state index contributed by atoms with van der Waals surface area (Å²) in [6, 6.07) is 9.10. The molecule has 4 heteroatoms. The van der Waals surface area contributed by atoms with Gasteiger partial charge in [0.2, 0.25) is 0 Å². The maximum Gasteiger partial charge on any atom is 0.159 e. The highest BCUT2D eigenvalue weighted by molar-refractivity contribution is 8.13. The SMILES string of the molecule is CC(C)(C)c1ccc(CN(CC2CCCO2)C2=NCCCS2)cc1. The molecule has 0 N–H and O–H groups in total. The van der Waals surface area contributed by atoms with Gasteiger partial charge < -0.3 is 9.64 Å². The fraction of sp³-hybridized carbons (Fsp3) is 0.650. The van der Waals surface area contributed by atoms with Crippen molar-refractivity contribution in [2.45, 2.75) is 58.1 Å². The summed E-state index contributed by atoms with van der Waals surface area (Å²) in [5.41, 5.74) is 2.95. The average Bonchev–Trinajstić information content (AvgIpc) is 3.08. The second kappa shape index (κ2) is 7.92. The molecule has 1 aromatic rings. The first kappa shape index (κ1) is 17.8. The number of benzene rings is 1. The number of hydrogen-bond acceptors (Lipinski definition) is 4. The van der Waals surface area contributed by atoms with Gasteiger partial charge in [0.05, 0.1) is 6.10 Å². The zero-order chi connectivity index (χ0) is 17.0. The first-order valence-electron chi connectivity index (χ1n) is 9.15. The standard InChI is InChI=1S/C20H30N2OS/c1-20(2,3)17-9-7-16(8-10-17)14-22(15-18-6-4-12-23-18)19-21-11-5-13-24-19/h7-10,18H,4-6,11-15H2,1-3H3. The summed E-state index contributed by atoms with van der Waals surface area (Å²) in [5, 5.41) is 1.21. The molecule has 3 rings (SSSR count). The lowest BCUT2D eigenvalue weighted by Gasteiger charge is -2.30. The van der Waals surface area contributed by atoms with Gasteiger partial charge in [-0.05, 0) is 35.8 Å². The molecule has 1 unspecified atom stereocenters. The zero-order valence-electron chi connectivity index (χ0n) is 15.3. The third kappa shape index (κ3) is 4.76. The van der Waals surface area contributed by atoms with Crippen LogP contribution in [0.3, 0.4) is 0 Å². The lowest BCUT2D eigenvalue weighted by atomic mass is 9.87. The van der Waals surface area contributed by atoms with Crippen LogP contribution in [0.25, 0.3) is 0 Å². The smallest absolute Gasteiger partial charge is 0.159 e. The van der Waals surface area contributed by atoms with E-state index in [-0.39, 0.29) is 5.41 Å². The number of aliphatic imine (C=N–C) groups is 1. The molecule has 0 amide bonds. The second-order valence-corrected chi connectivity index (χ2v) is 8.89. The minimum Gasteiger partial charge on any atom is -0.376 e. The summed E-state index contributed by atoms with van der Waals surface area (Å²) in [5.74, 6) is 1.18. The van der Waals surface area contributed by atoms with E-state index >= 15 is 0 Å². The van der Waals surface area contributed by atoms with Crippen molar-refractivity contribution in [3.05, 3.63) is 35.4 Å². The Balaban J connectivity index is 1.71. The molecule has 132 valence electrons. The summed E-state index contributed by atoms with van der Waals surface area (Å²) in [6.45, 7) is 10.6. The Kier molecular flexibility index (Phi) is 5.88. The van der Waals surface area contributed by atoms with Crippen molar-refractivity contribution in [2.75, 3.05) is 25.4 Å². The Morgan fingerprint density at radius 2 is 2.00 bits per heavy atom. The van der Waals surface area contributed by atoms with Crippen molar-refractivity contribution in [2.24, 2.45) is 4.99 Å². The molecule has 0 bridgehead atoms. The minimum absolute atomic E-state index is 0.208. The van der Waals surface area contributed by atoms with Gasteiger partial charge in [-0.2, -0.15) is 0 Å². The highest BCUT2D eigenvalue weighted by atomic mass is 32.2. The van der Waals surface area contributed by atoms with Crippen LogP contribution in [0.5, 0.6) is 0 Å². The Bertz CT molecular complexity index is 556. The lowest BCUT2D eigenvalue weighted by molar-refractivity contribution is 0.0906. The molecule has 2 aliphatic rings. The quantitative estimate of drug-likeness (QED) is 0.805. The van der Waals surface area contributed by atoms with Crippen LogP contribution < -0.4 is 0 Å². The van der Waals surface area contributed by atoms with Crippen molar-refractivity contribution in [1.82, 2.24) is 4.90 Å². The average molecular weight is 347 g/mol. The van der Waals surface area contributed by atoms with Crippen molar-refractivity contribution in [1.29, 1.82) is 0 Å². The summed E-state index contributed by atoms with van der Waals surface area (Å²) in [4.78, 5) is 7.21. The van der Waals surface area contributed by atoms with Crippen LogP contribution in [0, 0.1) is 0 Å². The first-order chi connectivity index (χ1) is 11.5. The Labute approximate surface area is 150 Å². The third-order valence-corrected chi connectivity index (χ3v) is 5.83. The van der Waals surface area contributed by atoms with Gasteiger partial charge >= 0.3 is 0 Å². The van der Waals surface area contributed by atoms with Gasteiger partial charge in [0.1, 0.15) is 0 Å². The lowest BCUT2D eigenvalue weighted by Crippen LogP contribution is -2.36. The fourth-order valence-corrected chi connectivity index (χ4v) is 4.17. The fourth-order valence-electron chi connectivity index (χ4n) is 3.21. The first-order valence-corrected chi connectivity index (χ1v) is 10.1. The summed E-state index contributed by atoms with van der Waals surface area (Å²) in [6.07, 6.45) is 3.93. The van der Waals surface area contributed by atoms with Gasteiger partial charge in [-0.1, -0.05) is 56.8 Å². The van der Waals surface area contributed by atoms with E-state index in [0.717, 1.165) is 26.2 Å². The molecule has 0 saturated carbocycles. The summed E-state index contributed by atoms with van der Waals surface area (Å²) >= 11 is 1.90. The van der Waals surface area contributed by atoms with Gasteiger partial charge in [-0.3, -0.25) is 4.99 Å². The summed E-state index contributed by atoms with van der Waals surface area (Å²) in [7, 11) is 0. The number of nitrogens with zero attached hydrogens (tertiary/aromatic N) is 2. The van der Waals surface area contributed by atoms with Crippen LogP contribution >= 0.6 is 11.8 Å². The van der Waals surface area contributed by atoms with Gasteiger partial charge in [-0.25, -0.2) is 0 Å². The van der Waals surface area contributed by atoms with Gasteiger partial charge in [0, 0.05) is 32.0 Å². The number of ether oxygens (including phenoxy) is 1. The van der Waals surface area contributed by atoms with Crippen molar-refractivity contribution >= 4 is 16.9 Å². The van der Waals surface area contributed by atoms with E-state index in [1.807, 2.05) is 11.8 Å². The van der Waals surface area contributed by atoms with Crippen LogP contribution in [0.2, 0.25) is 0 Å². The molecule has 3 nitrogen and oxygen atoms in total. The molecular weight excluding hydrogens is 316 g/mol. The van der Waals surface area contributed by atoms with Crippen molar-refractivity contribution in [3.63, 3.8) is 0 Å². The van der Waals surface area contributed by atoms with Crippen LogP contribution in [0.15, 0.2) is 29.3 Å². The molecule has 1 atom stereocenters. The molecule has 0 aromatic heterocycles. The number of rotatable bonds is 4. The zero-order valence-corrected chi connectivity index (χ0v) is 16.1. The predicted molar refractivity (Wildman–Crippen MR) is 104 cm³/mol. The second-order valence-electron chi connectivity index (χ2n) is 7.83. The topological polar surface area (TPSA) is 24.8 Å².